The topological polar surface area (TPSA) is 90.0 Å². The van der Waals surface area contributed by atoms with Crippen LogP contribution in [0.4, 0.5) is 0 Å². The Balaban J connectivity index is 1.96. The van der Waals surface area contributed by atoms with Crippen LogP contribution in [0.1, 0.15) is 39.0 Å². The summed E-state index contributed by atoms with van der Waals surface area (Å²) in [5, 5.41) is 0. The Bertz CT molecular complexity index is 596. The molecule has 1 saturated carbocycles. The molecule has 142 valence electrons. The zero-order valence-corrected chi connectivity index (χ0v) is 15.5. The van der Waals surface area contributed by atoms with Gasteiger partial charge in [0, 0.05) is 12.1 Å². The highest BCUT2D eigenvalue weighted by Crippen LogP contribution is 2.29. The second-order valence-corrected chi connectivity index (χ2v) is 8.90. The summed E-state index contributed by atoms with van der Waals surface area (Å²) < 4.78 is 33.8. The smallest absolute Gasteiger partial charge is 0.335 e. The highest BCUT2D eigenvalue weighted by molar-refractivity contribution is 7.91. The molecule has 0 spiro atoms. The van der Waals surface area contributed by atoms with Gasteiger partial charge in [-0.2, -0.15) is 0 Å². The number of esters is 1. The van der Waals surface area contributed by atoms with Gasteiger partial charge in [-0.05, 0) is 26.2 Å². The van der Waals surface area contributed by atoms with Crippen molar-refractivity contribution in [3.05, 3.63) is 12.7 Å². The lowest BCUT2D eigenvalue weighted by molar-refractivity contribution is -0.162. The van der Waals surface area contributed by atoms with Crippen molar-refractivity contribution < 1.29 is 27.5 Å². The molecule has 1 amide bonds. The van der Waals surface area contributed by atoms with Crippen LogP contribution in [-0.2, 0) is 28.9 Å². The highest BCUT2D eigenvalue weighted by atomic mass is 32.2. The highest BCUT2D eigenvalue weighted by Gasteiger charge is 2.39. The minimum Gasteiger partial charge on any atom is -0.454 e. The van der Waals surface area contributed by atoms with Crippen LogP contribution < -0.4 is 0 Å². The lowest BCUT2D eigenvalue weighted by Gasteiger charge is -2.34. The Morgan fingerprint density at radius 2 is 1.92 bits per heavy atom. The van der Waals surface area contributed by atoms with Gasteiger partial charge >= 0.3 is 5.97 Å². The first-order chi connectivity index (χ1) is 11.8. The van der Waals surface area contributed by atoms with Crippen molar-refractivity contribution in [1.82, 2.24) is 4.90 Å². The largest absolute Gasteiger partial charge is 0.454 e. The van der Waals surface area contributed by atoms with Crippen molar-refractivity contribution in [2.24, 2.45) is 0 Å². The maximum absolute atomic E-state index is 12.7. The average Bonchev–Trinajstić information content (AvgIpc) is 3.20. The number of amides is 1. The molecular formula is C17H27NO6S. The lowest BCUT2D eigenvalue weighted by atomic mass is 10.1. The van der Waals surface area contributed by atoms with Gasteiger partial charge < -0.3 is 14.4 Å². The number of hydrogen-bond donors (Lipinski definition) is 0. The van der Waals surface area contributed by atoms with Crippen LogP contribution in [0.3, 0.4) is 0 Å². The van der Waals surface area contributed by atoms with E-state index < -0.39 is 21.9 Å². The normalized spacial score (nSPS) is 24.0. The van der Waals surface area contributed by atoms with Crippen molar-refractivity contribution in [1.29, 1.82) is 0 Å². The fourth-order valence-corrected chi connectivity index (χ4v) is 5.20. The van der Waals surface area contributed by atoms with Crippen LogP contribution in [0.25, 0.3) is 0 Å². The molecule has 0 N–H and O–H groups in total. The van der Waals surface area contributed by atoms with Crippen LogP contribution in [-0.4, -0.2) is 68.1 Å². The van der Waals surface area contributed by atoms with Crippen molar-refractivity contribution in [3.63, 3.8) is 0 Å². The van der Waals surface area contributed by atoms with E-state index >= 15 is 0 Å². The standard InChI is InChI=1S/C17H27NO6S/c1-3-9-23-13(2)17(20)24-11-16(19)18(14-6-4-5-7-14)15-8-10-25(21,22)12-15/h3,13-15H,1,4-12H2,2H3. The Morgan fingerprint density at radius 3 is 2.48 bits per heavy atom. The summed E-state index contributed by atoms with van der Waals surface area (Å²) in [6, 6.07) is -0.271. The predicted octanol–water partition coefficient (Wildman–Crippen LogP) is 1.08. The zero-order chi connectivity index (χ0) is 18.4. The second kappa shape index (κ2) is 8.80. The molecule has 25 heavy (non-hydrogen) atoms. The van der Waals surface area contributed by atoms with E-state index in [1.807, 2.05) is 0 Å². The number of carbonyl (C=O) groups is 2. The number of nitrogens with zero attached hydrogens (tertiary/aromatic N) is 1. The third kappa shape index (κ3) is 5.54. The molecule has 1 heterocycles. The van der Waals surface area contributed by atoms with Crippen molar-refractivity contribution in [3.8, 4) is 0 Å². The van der Waals surface area contributed by atoms with E-state index in [1.165, 1.54) is 6.08 Å². The number of ether oxygens (including phenoxy) is 2. The fourth-order valence-electron chi connectivity index (χ4n) is 3.49. The first-order valence-electron chi connectivity index (χ1n) is 8.75. The summed E-state index contributed by atoms with van der Waals surface area (Å²) in [6.45, 7) is 4.89. The van der Waals surface area contributed by atoms with Gasteiger partial charge in [-0.1, -0.05) is 18.9 Å². The Kier molecular flexibility index (Phi) is 7.01. The molecule has 2 unspecified atom stereocenters. The molecule has 1 aliphatic heterocycles. The van der Waals surface area contributed by atoms with Crippen LogP contribution in [0.2, 0.25) is 0 Å². The maximum atomic E-state index is 12.7. The Labute approximate surface area is 149 Å². The molecule has 2 fully saturated rings. The van der Waals surface area contributed by atoms with Gasteiger partial charge in [0.1, 0.15) is 0 Å². The first-order valence-corrected chi connectivity index (χ1v) is 10.6. The second-order valence-electron chi connectivity index (χ2n) is 6.67. The van der Waals surface area contributed by atoms with E-state index in [9.17, 15) is 18.0 Å². The first kappa shape index (κ1) is 19.9. The van der Waals surface area contributed by atoms with Crippen molar-refractivity contribution >= 4 is 21.7 Å². The van der Waals surface area contributed by atoms with Gasteiger partial charge in [0.2, 0.25) is 0 Å². The molecule has 1 aliphatic carbocycles. The molecule has 1 saturated heterocycles. The molecule has 0 radical (unpaired) electrons. The monoisotopic (exact) mass is 373 g/mol. The van der Waals surface area contributed by atoms with Crippen LogP contribution in [0.15, 0.2) is 12.7 Å². The Hall–Kier alpha value is -1.41. The van der Waals surface area contributed by atoms with E-state index in [1.54, 1.807) is 11.8 Å². The van der Waals surface area contributed by atoms with E-state index in [0.29, 0.717) is 6.42 Å². The molecule has 0 aromatic rings. The molecule has 8 heteroatoms. The zero-order valence-electron chi connectivity index (χ0n) is 14.7. The van der Waals surface area contributed by atoms with Crippen LogP contribution in [0, 0.1) is 0 Å². The van der Waals surface area contributed by atoms with Gasteiger partial charge in [-0.25, -0.2) is 13.2 Å². The SMILES string of the molecule is C=CCOC(C)C(=O)OCC(=O)N(C1CCCC1)C1CCS(=O)(=O)C1. The van der Waals surface area contributed by atoms with Crippen LogP contribution >= 0.6 is 0 Å². The molecule has 7 nitrogen and oxygen atoms in total. The number of rotatable bonds is 8. The van der Waals surface area contributed by atoms with Crippen molar-refractivity contribution in [2.45, 2.75) is 57.2 Å². The van der Waals surface area contributed by atoms with Gasteiger partial charge in [0.15, 0.2) is 22.5 Å². The predicted molar refractivity (Wildman–Crippen MR) is 92.7 cm³/mol. The van der Waals surface area contributed by atoms with E-state index in [0.717, 1.165) is 25.7 Å². The summed E-state index contributed by atoms with van der Waals surface area (Å²) in [6.07, 6.45) is 5.00. The Morgan fingerprint density at radius 1 is 1.24 bits per heavy atom. The molecular weight excluding hydrogens is 346 g/mol. The summed E-state index contributed by atoms with van der Waals surface area (Å²) >= 11 is 0. The summed E-state index contributed by atoms with van der Waals surface area (Å²) in [4.78, 5) is 26.2. The van der Waals surface area contributed by atoms with Gasteiger partial charge in [-0.3, -0.25) is 4.79 Å². The minimum atomic E-state index is -3.09. The molecule has 0 aromatic carbocycles. The molecule has 2 aliphatic rings. The molecule has 2 atom stereocenters. The molecule has 0 aromatic heterocycles. The number of sulfone groups is 1. The summed E-state index contributed by atoms with van der Waals surface area (Å²) in [5.41, 5.74) is 0. The van der Waals surface area contributed by atoms with Gasteiger partial charge in [0.05, 0.1) is 18.1 Å². The quantitative estimate of drug-likeness (QED) is 0.467. The summed E-state index contributed by atoms with van der Waals surface area (Å²) in [7, 11) is -3.09. The minimum absolute atomic E-state index is 0.00202. The van der Waals surface area contributed by atoms with Gasteiger partial charge in [-0.15, -0.1) is 6.58 Å². The van der Waals surface area contributed by atoms with E-state index in [4.69, 9.17) is 9.47 Å². The third-order valence-corrected chi connectivity index (χ3v) is 6.49. The van der Waals surface area contributed by atoms with E-state index in [-0.39, 0.29) is 42.7 Å². The molecule has 2 rings (SSSR count). The number of carbonyl (C=O) groups excluding carboxylic acids is 2. The summed E-state index contributed by atoms with van der Waals surface area (Å²) in [5.74, 6) is -0.818. The number of hydrogen-bond acceptors (Lipinski definition) is 6. The fraction of sp³-hybridized carbons (Fsp3) is 0.765. The maximum Gasteiger partial charge on any atom is 0.335 e. The average molecular weight is 373 g/mol. The molecule has 0 bridgehead atoms. The van der Waals surface area contributed by atoms with Crippen molar-refractivity contribution in [2.75, 3.05) is 24.7 Å². The lowest BCUT2D eigenvalue weighted by Crippen LogP contribution is -2.48. The van der Waals surface area contributed by atoms with Crippen LogP contribution in [0.5, 0.6) is 0 Å². The third-order valence-electron chi connectivity index (χ3n) is 4.74. The van der Waals surface area contributed by atoms with Gasteiger partial charge in [0.25, 0.3) is 5.91 Å². The van der Waals surface area contributed by atoms with E-state index in [2.05, 4.69) is 6.58 Å².